The van der Waals surface area contributed by atoms with Gasteiger partial charge in [0.1, 0.15) is 0 Å². The van der Waals surface area contributed by atoms with E-state index in [0.717, 1.165) is 0 Å². The molecule has 0 saturated heterocycles. The van der Waals surface area contributed by atoms with Gasteiger partial charge in [-0.15, -0.1) is 5.26 Å². The molecule has 0 aromatic rings. The SMILES string of the molecule is C=C(OC#N)C(=O)OCC. The smallest absolute Gasteiger partial charge is 0.374 e. The number of rotatable bonds is 3. The van der Waals surface area contributed by atoms with Crippen LogP contribution < -0.4 is 0 Å². The fourth-order valence-electron chi connectivity index (χ4n) is 0.308. The zero-order chi connectivity index (χ0) is 7.98. The Kier molecular flexibility index (Phi) is 3.73. The first-order valence-electron chi connectivity index (χ1n) is 2.64. The summed E-state index contributed by atoms with van der Waals surface area (Å²) in [6.07, 6.45) is 1.31. The first-order chi connectivity index (χ1) is 4.72. The summed E-state index contributed by atoms with van der Waals surface area (Å²) in [6.45, 7) is 5.04. The molecule has 4 nitrogen and oxygen atoms in total. The van der Waals surface area contributed by atoms with Gasteiger partial charge >= 0.3 is 5.97 Å². The Morgan fingerprint density at radius 3 is 2.80 bits per heavy atom. The molecular formula is C6H7NO3. The number of ether oxygens (including phenoxy) is 2. The van der Waals surface area contributed by atoms with Crippen LogP contribution in [0.4, 0.5) is 0 Å². The standard InChI is InChI=1S/C6H7NO3/c1-3-9-6(8)5(2)10-4-7/h2-3H2,1H3. The van der Waals surface area contributed by atoms with Crippen LogP contribution in [0, 0.1) is 11.5 Å². The van der Waals surface area contributed by atoms with E-state index in [4.69, 9.17) is 5.26 Å². The van der Waals surface area contributed by atoms with Crippen molar-refractivity contribution in [1.29, 1.82) is 5.26 Å². The molecule has 54 valence electrons. The normalized spacial score (nSPS) is 7.60. The van der Waals surface area contributed by atoms with E-state index < -0.39 is 5.97 Å². The van der Waals surface area contributed by atoms with Gasteiger partial charge in [-0.3, -0.25) is 0 Å². The van der Waals surface area contributed by atoms with Gasteiger partial charge in [0.05, 0.1) is 6.61 Å². The lowest BCUT2D eigenvalue weighted by Gasteiger charge is -1.98. The van der Waals surface area contributed by atoms with Crippen LogP contribution in [0.3, 0.4) is 0 Å². The van der Waals surface area contributed by atoms with E-state index in [1.165, 1.54) is 6.26 Å². The first-order valence-corrected chi connectivity index (χ1v) is 2.64. The molecule has 0 spiro atoms. The fraction of sp³-hybridized carbons (Fsp3) is 0.333. The van der Waals surface area contributed by atoms with Crippen LogP contribution in [-0.4, -0.2) is 12.6 Å². The summed E-state index contributed by atoms with van der Waals surface area (Å²) < 4.78 is 8.53. The molecular weight excluding hydrogens is 134 g/mol. The van der Waals surface area contributed by atoms with E-state index in [9.17, 15) is 4.79 Å². The summed E-state index contributed by atoms with van der Waals surface area (Å²) in [7, 11) is 0. The molecule has 0 aromatic heterocycles. The lowest BCUT2D eigenvalue weighted by Crippen LogP contribution is -2.07. The van der Waals surface area contributed by atoms with Crippen molar-refractivity contribution in [2.45, 2.75) is 6.92 Å². The quantitative estimate of drug-likeness (QED) is 0.249. The highest BCUT2D eigenvalue weighted by Crippen LogP contribution is 1.94. The number of hydrogen-bond acceptors (Lipinski definition) is 4. The summed E-state index contributed by atoms with van der Waals surface area (Å²) in [5.41, 5.74) is 0. The predicted molar refractivity (Wildman–Crippen MR) is 32.5 cm³/mol. The van der Waals surface area contributed by atoms with Gasteiger partial charge in [-0.05, 0) is 13.5 Å². The lowest BCUT2D eigenvalue weighted by molar-refractivity contribution is -0.141. The topological polar surface area (TPSA) is 59.3 Å². The molecule has 0 aliphatic heterocycles. The molecule has 0 atom stereocenters. The van der Waals surface area contributed by atoms with Crippen LogP contribution in [0.25, 0.3) is 0 Å². The molecule has 0 aromatic carbocycles. The van der Waals surface area contributed by atoms with Crippen LogP contribution in [-0.2, 0) is 14.3 Å². The van der Waals surface area contributed by atoms with Crippen molar-refractivity contribution < 1.29 is 14.3 Å². The summed E-state index contributed by atoms with van der Waals surface area (Å²) in [6, 6.07) is 0. The highest BCUT2D eigenvalue weighted by molar-refractivity contribution is 5.85. The van der Waals surface area contributed by atoms with Crippen molar-refractivity contribution in [3.05, 3.63) is 12.3 Å². The van der Waals surface area contributed by atoms with Crippen molar-refractivity contribution in [2.75, 3.05) is 6.61 Å². The second-order valence-corrected chi connectivity index (χ2v) is 1.34. The molecule has 0 fully saturated rings. The largest absolute Gasteiger partial charge is 0.460 e. The van der Waals surface area contributed by atoms with Gasteiger partial charge < -0.3 is 9.47 Å². The number of nitrogens with zero attached hydrogens (tertiary/aromatic N) is 1. The maximum Gasteiger partial charge on any atom is 0.374 e. The molecule has 0 amide bonds. The number of esters is 1. The number of hydrogen-bond donors (Lipinski definition) is 0. The van der Waals surface area contributed by atoms with Crippen LogP contribution in [0.15, 0.2) is 12.3 Å². The second kappa shape index (κ2) is 4.39. The third kappa shape index (κ3) is 2.72. The number of carbonyl (C=O) groups is 1. The zero-order valence-corrected chi connectivity index (χ0v) is 5.59. The summed E-state index contributed by atoms with van der Waals surface area (Å²) in [5, 5.41) is 7.91. The van der Waals surface area contributed by atoms with Gasteiger partial charge in [0, 0.05) is 0 Å². The molecule has 0 aliphatic rings. The lowest BCUT2D eigenvalue weighted by atomic mass is 10.6. The minimum Gasteiger partial charge on any atom is -0.460 e. The maximum absolute atomic E-state index is 10.5. The van der Waals surface area contributed by atoms with Crippen molar-refractivity contribution >= 4 is 5.97 Å². The third-order valence-electron chi connectivity index (χ3n) is 0.672. The zero-order valence-electron chi connectivity index (χ0n) is 5.59. The van der Waals surface area contributed by atoms with E-state index in [1.807, 2.05) is 0 Å². The molecule has 10 heavy (non-hydrogen) atoms. The second-order valence-electron chi connectivity index (χ2n) is 1.34. The average Bonchev–Trinajstić information content (AvgIpc) is 1.89. The van der Waals surface area contributed by atoms with Crippen molar-refractivity contribution in [1.82, 2.24) is 0 Å². The highest BCUT2D eigenvalue weighted by Gasteiger charge is 2.07. The summed E-state index contributed by atoms with van der Waals surface area (Å²) in [5.74, 6) is -0.992. The van der Waals surface area contributed by atoms with Gasteiger partial charge in [-0.1, -0.05) is 0 Å². The Morgan fingerprint density at radius 2 is 2.40 bits per heavy atom. The Balaban J connectivity index is 3.74. The molecule has 0 bridgehead atoms. The Hall–Kier alpha value is -1.50. The van der Waals surface area contributed by atoms with Gasteiger partial charge in [0.15, 0.2) is 0 Å². The van der Waals surface area contributed by atoms with Gasteiger partial charge in [0.25, 0.3) is 6.26 Å². The molecule has 0 rings (SSSR count). The number of carbonyl (C=O) groups excluding carboxylic acids is 1. The minimum absolute atomic E-state index is 0.243. The van der Waals surface area contributed by atoms with Gasteiger partial charge in [-0.25, -0.2) is 4.79 Å². The van der Waals surface area contributed by atoms with E-state index >= 15 is 0 Å². The molecule has 0 saturated carbocycles. The van der Waals surface area contributed by atoms with Crippen molar-refractivity contribution in [3.8, 4) is 6.26 Å². The predicted octanol–water partition coefficient (Wildman–Crippen LogP) is 0.561. The summed E-state index contributed by atoms with van der Waals surface area (Å²) in [4.78, 5) is 10.5. The fourth-order valence-corrected chi connectivity index (χ4v) is 0.308. The average molecular weight is 141 g/mol. The van der Waals surface area contributed by atoms with Crippen molar-refractivity contribution in [3.63, 3.8) is 0 Å². The molecule has 4 heteroatoms. The molecule has 0 unspecified atom stereocenters. The summed E-state index contributed by atoms with van der Waals surface area (Å²) >= 11 is 0. The molecule has 0 aliphatic carbocycles. The molecule has 0 heterocycles. The van der Waals surface area contributed by atoms with Crippen LogP contribution in [0.5, 0.6) is 0 Å². The number of nitriles is 1. The Labute approximate surface area is 58.7 Å². The van der Waals surface area contributed by atoms with E-state index in [0.29, 0.717) is 0 Å². The Bertz CT molecular complexity index is 180. The van der Waals surface area contributed by atoms with Crippen molar-refractivity contribution in [2.24, 2.45) is 0 Å². The van der Waals surface area contributed by atoms with Crippen LogP contribution >= 0.6 is 0 Å². The monoisotopic (exact) mass is 141 g/mol. The third-order valence-corrected chi connectivity index (χ3v) is 0.672. The highest BCUT2D eigenvalue weighted by atomic mass is 16.6. The maximum atomic E-state index is 10.5. The van der Waals surface area contributed by atoms with Gasteiger partial charge in [-0.2, -0.15) is 0 Å². The minimum atomic E-state index is -0.705. The van der Waals surface area contributed by atoms with E-state index in [-0.39, 0.29) is 12.4 Å². The van der Waals surface area contributed by atoms with Crippen LogP contribution in [0.1, 0.15) is 6.92 Å². The van der Waals surface area contributed by atoms with Gasteiger partial charge in [0.2, 0.25) is 5.76 Å². The van der Waals surface area contributed by atoms with E-state index in [2.05, 4.69) is 16.1 Å². The molecule has 0 radical (unpaired) electrons. The molecule has 0 N–H and O–H groups in total. The first kappa shape index (κ1) is 8.50. The Morgan fingerprint density at radius 1 is 1.80 bits per heavy atom. The van der Waals surface area contributed by atoms with Crippen LogP contribution in [0.2, 0.25) is 0 Å². The van der Waals surface area contributed by atoms with E-state index in [1.54, 1.807) is 6.92 Å².